The van der Waals surface area contributed by atoms with Gasteiger partial charge in [0.15, 0.2) is 0 Å². The van der Waals surface area contributed by atoms with Gasteiger partial charge in [-0.1, -0.05) is 13.0 Å². The lowest BCUT2D eigenvalue weighted by Crippen LogP contribution is -2.53. The molecule has 0 bridgehead atoms. The molecule has 0 aliphatic rings. The predicted molar refractivity (Wildman–Crippen MR) is 77.6 cm³/mol. The minimum Gasteiger partial charge on any atom is -0.394 e. The second kappa shape index (κ2) is 5.64. The van der Waals surface area contributed by atoms with Crippen molar-refractivity contribution in [2.45, 2.75) is 18.9 Å². The topological polar surface area (TPSA) is 74.5 Å². The van der Waals surface area contributed by atoms with Gasteiger partial charge in [-0.25, -0.2) is 0 Å². The van der Waals surface area contributed by atoms with E-state index in [-0.39, 0.29) is 19.1 Å². The van der Waals surface area contributed by atoms with Crippen molar-refractivity contribution in [1.29, 1.82) is 0 Å². The standard InChI is InChI=1S/C15H20N2O3/c1-3-15(9-18,10-19)16-14(20)12-5-4-6-13-11(12)7-8-17(13)2/h4-8,18-19H,3,9-10H2,1-2H3,(H,16,20). The molecule has 0 radical (unpaired) electrons. The van der Waals surface area contributed by atoms with E-state index in [1.807, 2.05) is 42.9 Å². The Morgan fingerprint density at radius 2 is 2.00 bits per heavy atom. The number of nitrogens with one attached hydrogen (secondary N) is 1. The normalized spacial score (nSPS) is 11.8. The maximum absolute atomic E-state index is 12.4. The largest absolute Gasteiger partial charge is 0.394 e. The van der Waals surface area contributed by atoms with E-state index in [9.17, 15) is 15.0 Å². The number of carbonyl (C=O) groups is 1. The van der Waals surface area contributed by atoms with E-state index < -0.39 is 5.54 Å². The number of aryl methyl sites for hydroxylation is 1. The number of aliphatic hydroxyl groups is 2. The smallest absolute Gasteiger partial charge is 0.252 e. The quantitative estimate of drug-likeness (QED) is 0.764. The molecule has 1 heterocycles. The van der Waals surface area contributed by atoms with E-state index in [2.05, 4.69) is 5.32 Å². The predicted octanol–water partition coefficient (Wildman–Crippen LogP) is 1.04. The lowest BCUT2D eigenvalue weighted by Gasteiger charge is -2.29. The molecule has 1 amide bonds. The molecule has 0 aliphatic heterocycles. The summed E-state index contributed by atoms with van der Waals surface area (Å²) in [6.45, 7) is 1.23. The molecule has 0 saturated carbocycles. The summed E-state index contributed by atoms with van der Waals surface area (Å²) in [4.78, 5) is 12.4. The van der Waals surface area contributed by atoms with Crippen LogP contribution >= 0.6 is 0 Å². The summed E-state index contributed by atoms with van der Waals surface area (Å²) in [5, 5.41) is 22.4. The van der Waals surface area contributed by atoms with Gasteiger partial charge in [0.2, 0.25) is 0 Å². The maximum atomic E-state index is 12.4. The van der Waals surface area contributed by atoms with Crippen LogP contribution in [0, 0.1) is 0 Å². The molecule has 3 N–H and O–H groups in total. The van der Waals surface area contributed by atoms with Gasteiger partial charge in [-0.05, 0) is 24.6 Å². The number of carbonyl (C=O) groups excluding carboxylic acids is 1. The minimum absolute atomic E-state index is 0.285. The Kier molecular flexibility index (Phi) is 4.11. The van der Waals surface area contributed by atoms with Crippen molar-refractivity contribution in [3.63, 3.8) is 0 Å². The highest BCUT2D eigenvalue weighted by Crippen LogP contribution is 2.20. The molecule has 0 saturated heterocycles. The van der Waals surface area contributed by atoms with Crippen molar-refractivity contribution in [3.8, 4) is 0 Å². The first-order valence-corrected chi connectivity index (χ1v) is 6.65. The fraction of sp³-hybridized carbons (Fsp3) is 0.400. The number of fused-ring (bicyclic) bond motifs is 1. The number of hydrogen-bond donors (Lipinski definition) is 3. The van der Waals surface area contributed by atoms with E-state index in [0.717, 1.165) is 10.9 Å². The molecule has 0 aliphatic carbocycles. The Labute approximate surface area is 117 Å². The van der Waals surface area contributed by atoms with Gasteiger partial charge in [0, 0.05) is 29.7 Å². The van der Waals surface area contributed by atoms with E-state index in [0.29, 0.717) is 12.0 Å². The number of amides is 1. The Morgan fingerprint density at radius 3 is 2.60 bits per heavy atom. The van der Waals surface area contributed by atoms with Crippen LogP contribution in [0.3, 0.4) is 0 Å². The molecule has 0 spiro atoms. The molecule has 0 atom stereocenters. The molecule has 0 unspecified atom stereocenters. The highest BCUT2D eigenvalue weighted by molar-refractivity contribution is 6.06. The fourth-order valence-corrected chi connectivity index (χ4v) is 2.25. The van der Waals surface area contributed by atoms with Crippen molar-refractivity contribution in [1.82, 2.24) is 9.88 Å². The number of hydrogen-bond acceptors (Lipinski definition) is 3. The molecule has 5 nitrogen and oxygen atoms in total. The number of benzene rings is 1. The molecule has 1 aromatic heterocycles. The summed E-state index contributed by atoms with van der Waals surface area (Å²) in [5.41, 5.74) is 0.532. The minimum atomic E-state index is -0.978. The number of nitrogens with zero attached hydrogens (tertiary/aromatic N) is 1. The van der Waals surface area contributed by atoms with Crippen LogP contribution in [0.15, 0.2) is 30.5 Å². The van der Waals surface area contributed by atoms with E-state index in [1.54, 1.807) is 6.07 Å². The summed E-state index contributed by atoms with van der Waals surface area (Å²) in [6, 6.07) is 7.39. The maximum Gasteiger partial charge on any atom is 0.252 e. The number of aliphatic hydroxyl groups excluding tert-OH is 2. The first kappa shape index (κ1) is 14.6. The summed E-state index contributed by atoms with van der Waals surface area (Å²) in [7, 11) is 1.92. The van der Waals surface area contributed by atoms with Crippen LogP contribution in [0.25, 0.3) is 10.9 Å². The lowest BCUT2D eigenvalue weighted by molar-refractivity contribution is 0.0654. The SMILES string of the molecule is CCC(CO)(CO)NC(=O)c1cccc2c1ccn2C. The van der Waals surface area contributed by atoms with Crippen molar-refractivity contribution in [3.05, 3.63) is 36.0 Å². The van der Waals surface area contributed by atoms with Crippen molar-refractivity contribution >= 4 is 16.8 Å². The Morgan fingerprint density at radius 1 is 1.30 bits per heavy atom. The zero-order chi connectivity index (χ0) is 14.8. The third-order valence-corrected chi connectivity index (χ3v) is 3.83. The number of rotatable bonds is 5. The summed E-state index contributed by atoms with van der Waals surface area (Å²) >= 11 is 0. The first-order chi connectivity index (χ1) is 9.56. The highest BCUT2D eigenvalue weighted by atomic mass is 16.3. The van der Waals surface area contributed by atoms with Gasteiger partial charge in [0.1, 0.15) is 0 Å². The molecule has 5 heteroatoms. The molecule has 2 rings (SSSR count). The average molecular weight is 276 g/mol. The van der Waals surface area contributed by atoms with Crippen LogP contribution in [-0.2, 0) is 7.05 Å². The molecule has 20 heavy (non-hydrogen) atoms. The molecular weight excluding hydrogens is 256 g/mol. The van der Waals surface area contributed by atoms with Gasteiger partial charge >= 0.3 is 0 Å². The van der Waals surface area contributed by atoms with Gasteiger partial charge in [-0.15, -0.1) is 0 Å². The summed E-state index contributed by atoms with van der Waals surface area (Å²) in [6.07, 6.45) is 2.35. The van der Waals surface area contributed by atoms with Crippen LogP contribution in [0.5, 0.6) is 0 Å². The second-order valence-electron chi connectivity index (χ2n) is 5.07. The van der Waals surface area contributed by atoms with Gasteiger partial charge in [-0.3, -0.25) is 4.79 Å². The van der Waals surface area contributed by atoms with E-state index in [4.69, 9.17) is 0 Å². The summed E-state index contributed by atoms with van der Waals surface area (Å²) < 4.78 is 1.94. The van der Waals surface area contributed by atoms with Crippen LogP contribution < -0.4 is 5.32 Å². The molecule has 1 aromatic carbocycles. The van der Waals surface area contributed by atoms with Crippen molar-refractivity contribution in [2.24, 2.45) is 7.05 Å². The van der Waals surface area contributed by atoms with Gasteiger partial charge in [0.05, 0.1) is 18.8 Å². The van der Waals surface area contributed by atoms with Crippen molar-refractivity contribution in [2.75, 3.05) is 13.2 Å². The third kappa shape index (κ3) is 2.42. The van der Waals surface area contributed by atoms with Crippen LogP contribution in [0.2, 0.25) is 0 Å². The van der Waals surface area contributed by atoms with Crippen LogP contribution in [0.4, 0.5) is 0 Å². The zero-order valence-electron chi connectivity index (χ0n) is 11.8. The monoisotopic (exact) mass is 276 g/mol. The second-order valence-corrected chi connectivity index (χ2v) is 5.07. The highest BCUT2D eigenvalue weighted by Gasteiger charge is 2.29. The summed E-state index contributed by atoms with van der Waals surface area (Å²) in [5.74, 6) is -0.285. The van der Waals surface area contributed by atoms with Crippen LogP contribution in [-0.4, -0.2) is 39.4 Å². The Hall–Kier alpha value is -1.85. The molecular formula is C15H20N2O3. The Balaban J connectivity index is 2.37. The fourth-order valence-electron chi connectivity index (χ4n) is 2.25. The lowest BCUT2D eigenvalue weighted by atomic mass is 9.97. The average Bonchev–Trinajstić information content (AvgIpc) is 2.86. The van der Waals surface area contributed by atoms with Crippen LogP contribution in [0.1, 0.15) is 23.7 Å². The van der Waals surface area contributed by atoms with Gasteiger partial charge < -0.3 is 20.1 Å². The molecule has 0 fully saturated rings. The van der Waals surface area contributed by atoms with Gasteiger partial charge in [0.25, 0.3) is 5.91 Å². The first-order valence-electron chi connectivity index (χ1n) is 6.65. The molecule has 108 valence electrons. The molecule has 2 aromatic rings. The Bertz CT molecular complexity index is 606. The van der Waals surface area contributed by atoms with E-state index in [1.165, 1.54) is 0 Å². The van der Waals surface area contributed by atoms with Crippen molar-refractivity contribution < 1.29 is 15.0 Å². The van der Waals surface area contributed by atoms with E-state index >= 15 is 0 Å². The zero-order valence-corrected chi connectivity index (χ0v) is 11.8. The number of aromatic nitrogens is 1. The third-order valence-electron chi connectivity index (χ3n) is 3.83. The van der Waals surface area contributed by atoms with Gasteiger partial charge in [-0.2, -0.15) is 0 Å².